The van der Waals surface area contributed by atoms with Gasteiger partial charge in [-0.1, -0.05) is 133 Å². The van der Waals surface area contributed by atoms with Crippen LogP contribution in [0.3, 0.4) is 0 Å². The molecule has 286 valence electrons. The Kier molecular flexibility index (Phi) is 7.99. The lowest BCUT2D eigenvalue weighted by Crippen LogP contribution is -2.01. The molecule has 0 spiro atoms. The fourth-order valence-electron chi connectivity index (χ4n) is 8.38. The Balaban J connectivity index is 1.05. The molecular weight excluding hydrogens is 751 g/mol. The van der Waals surface area contributed by atoms with Crippen molar-refractivity contribution in [2.24, 2.45) is 0 Å². The molecule has 0 fully saturated rings. The van der Waals surface area contributed by atoms with E-state index >= 15 is 0 Å². The van der Waals surface area contributed by atoms with Crippen LogP contribution in [0, 0.1) is 0 Å². The zero-order chi connectivity index (χ0) is 40.3. The third-order valence-corrected chi connectivity index (χ3v) is 11.2. The maximum absolute atomic E-state index is 6.34. The summed E-state index contributed by atoms with van der Waals surface area (Å²) in [5, 5.41) is 2.11. The number of nitrogens with zero attached hydrogens (tertiary/aromatic N) is 7. The second kappa shape index (κ2) is 14.1. The third kappa shape index (κ3) is 5.96. The number of benzene rings is 6. The Morgan fingerprint density at radius 1 is 0.311 bits per heavy atom. The van der Waals surface area contributed by atoms with E-state index in [1.807, 2.05) is 97.1 Å². The summed E-state index contributed by atoms with van der Waals surface area (Å²) in [6.07, 6.45) is 4.12. The van der Waals surface area contributed by atoms with Crippen LogP contribution in [0.4, 0.5) is 0 Å². The normalized spacial score (nSPS) is 11.6. The van der Waals surface area contributed by atoms with Crippen molar-refractivity contribution in [1.82, 2.24) is 33.7 Å². The number of imidazole rings is 2. The Bertz CT molecular complexity index is 3430. The summed E-state index contributed by atoms with van der Waals surface area (Å²) in [6.45, 7) is 0. The topological polar surface area (TPSA) is 86.4 Å². The van der Waals surface area contributed by atoms with Gasteiger partial charge in [0, 0.05) is 62.1 Å². The van der Waals surface area contributed by atoms with E-state index in [0.29, 0.717) is 17.5 Å². The minimum atomic E-state index is 0.540. The monoisotopic (exact) mass is 783 g/mol. The zero-order valence-corrected chi connectivity index (χ0v) is 32.6. The van der Waals surface area contributed by atoms with Crippen LogP contribution in [0.15, 0.2) is 205 Å². The number of fused-ring (bicyclic) bond motifs is 5. The van der Waals surface area contributed by atoms with Crippen LogP contribution in [0.25, 0.3) is 112 Å². The van der Waals surface area contributed by atoms with Gasteiger partial charge in [-0.2, -0.15) is 0 Å². The Morgan fingerprint density at radius 2 is 0.754 bits per heavy atom. The first-order chi connectivity index (χ1) is 30.2. The van der Waals surface area contributed by atoms with Crippen molar-refractivity contribution in [3.63, 3.8) is 0 Å². The number of furan rings is 1. The quantitative estimate of drug-likeness (QED) is 0.160. The van der Waals surface area contributed by atoms with Crippen molar-refractivity contribution in [1.29, 1.82) is 0 Å². The van der Waals surface area contributed by atoms with Gasteiger partial charge in [-0.15, -0.1) is 0 Å². The molecule has 0 saturated heterocycles. The number of pyridine rings is 2. The Labute approximate surface area is 349 Å². The molecule has 8 heteroatoms. The smallest absolute Gasteiger partial charge is 0.164 e. The van der Waals surface area contributed by atoms with Gasteiger partial charge in [0.15, 0.2) is 17.5 Å². The molecule has 0 radical (unpaired) electrons. The molecular formula is C53H33N7O. The van der Waals surface area contributed by atoms with Crippen molar-refractivity contribution < 1.29 is 4.42 Å². The Hall–Kier alpha value is -8.49. The summed E-state index contributed by atoms with van der Waals surface area (Å²) >= 11 is 0. The molecule has 0 amide bonds. The standard InChI is InChI=1S/C53H33N7O/c1-3-15-34(16-4-1)47-49(59-29-11-9-25-45(59)54-47)36-19-13-21-38(31-36)51-56-52(58-53(57-51)40-27-28-42-41-23-7-8-24-43(41)61-44(42)33-40)39-22-14-20-37(32-39)50-48(35-17-5-2-6-18-35)55-46-26-10-12-30-60(46)50/h1-33H. The molecule has 0 saturated carbocycles. The summed E-state index contributed by atoms with van der Waals surface area (Å²) in [7, 11) is 0. The second-order valence-corrected chi connectivity index (χ2v) is 15.0. The number of hydrogen-bond acceptors (Lipinski definition) is 6. The van der Waals surface area contributed by atoms with E-state index in [-0.39, 0.29) is 0 Å². The summed E-state index contributed by atoms with van der Waals surface area (Å²) in [6, 6.07) is 63.8. The average Bonchev–Trinajstić information content (AvgIpc) is 4.04. The molecule has 0 atom stereocenters. The average molecular weight is 784 g/mol. The SMILES string of the molecule is c1ccc(-c2nc3ccccn3c2-c2cccc(-c3nc(-c4cccc(-c5c(-c6ccccc6)nc6ccccn56)c4)nc(-c4ccc5c(c4)oc4ccccc45)n3)c2)cc1. The minimum Gasteiger partial charge on any atom is -0.456 e. The lowest BCUT2D eigenvalue weighted by molar-refractivity contribution is 0.669. The molecule has 0 bridgehead atoms. The second-order valence-electron chi connectivity index (χ2n) is 15.0. The van der Waals surface area contributed by atoms with Crippen molar-refractivity contribution in [3.8, 4) is 79.2 Å². The predicted molar refractivity (Wildman–Crippen MR) is 243 cm³/mol. The van der Waals surface area contributed by atoms with Crippen LogP contribution in [-0.2, 0) is 0 Å². The highest BCUT2D eigenvalue weighted by Gasteiger charge is 2.21. The highest BCUT2D eigenvalue weighted by atomic mass is 16.3. The largest absolute Gasteiger partial charge is 0.456 e. The molecule has 12 aromatic rings. The van der Waals surface area contributed by atoms with Crippen LogP contribution in [-0.4, -0.2) is 33.7 Å². The van der Waals surface area contributed by atoms with Gasteiger partial charge in [0.05, 0.1) is 22.8 Å². The summed E-state index contributed by atoms with van der Waals surface area (Å²) in [5.74, 6) is 1.64. The van der Waals surface area contributed by atoms with Crippen molar-refractivity contribution >= 4 is 33.2 Å². The van der Waals surface area contributed by atoms with Crippen LogP contribution >= 0.6 is 0 Å². The number of rotatable bonds is 7. The minimum absolute atomic E-state index is 0.540. The van der Waals surface area contributed by atoms with Crippen LogP contribution < -0.4 is 0 Å². The molecule has 6 aromatic heterocycles. The summed E-state index contributed by atoms with van der Waals surface area (Å²) in [4.78, 5) is 25.8. The zero-order valence-electron chi connectivity index (χ0n) is 32.6. The highest BCUT2D eigenvalue weighted by Crippen LogP contribution is 2.38. The van der Waals surface area contributed by atoms with Gasteiger partial charge in [0.1, 0.15) is 22.5 Å². The van der Waals surface area contributed by atoms with E-state index in [0.717, 1.165) is 95.0 Å². The van der Waals surface area contributed by atoms with Crippen molar-refractivity contribution in [2.45, 2.75) is 0 Å². The molecule has 61 heavy (non-hydrogen) atoms. The first-order valence-electron chi connectivity index (χ1n) is 20.2. The summed E-state index contributed by atoms with van der Waals surface area (Å²) in [5.41, 5.74) is 13.7. The third-order valence-electron chi connectivity index (χ3n) is 11.2. The van der Waals surface area contributed by atoms with Gasteiger partial charge >= 0.3 is 0 Å². The maximum atomic E-state index is 6.34. The first-order valence-corrected chi connectivity index (χ1v) is 20.2. The van der Waals surface area contributed by atoms with Gasteiger partial charge in [0.2, 0.25) is 0 Å². The number of para-hydroxylation sites is 1. The predicted octanol–water partition coefficient (Wildman–Crippen LogP) is 12.7. The van der Waals surface area contributed by atoms with E-state index in [9.17, 15) is 0 Å². The maximum Gasteiger partial charge on any atom is 0.164 e. The Morgan fingerprint density at radius 3 is 1.31 bits per heavy atom. The first kappa shape index (κ1) is 34.5. The van der Waals surface area contributed by atoms with E-state index in [4.69, 9.17) is 29.3 Å². The fourth-order valence-corrected chi connectivity index (χ4v) is 8.38. The molecule has 0 aliphatic carbocycles. The van der Waals surface area contributed by atoms with E-state index in [1.165, 1.54) is 0 Å². The van der Waals surface area contributed by atoms with Gasteiger partial charge < -0.3 is 4.42 Å². The van der Waals surface area contributed by atoms with E-state index < -0.39 is 0 Å². The molecule has 0 N–H and O–H groups in total. The highest BCUT2D eigenvalue weighted by molar-refractivity contribution is 6.05. The van der Waals surface area contributed by atoms with Crippen LogP contribution in [0.2, 0.25) is 0 Å². The van der Waals surface area contributed by atoms with Gasteiger partial charge in [0.25, 0.3) is 0 Å². The number of aromatic nitrogens is 7. The van der Waals surface area contributed by atoms with E-state index in [1.54, 1.807) is 0 Å². The molecule has 0 aliphatic heterocycles. The molecule has 6 heterocycles. The number of hydrogen-bond donors (Lipinski definition) is 0. The van der Waals surface area contributed by atoms with Crippen molar-refractivity contribution in [3.05, 3.63) is 200 Å². The van der Waals surface area contributed by atoms with Gasteiger partial charge in [-0.25, -0.2) is 24.9 Å². The molecule has 0 unspecified atom stereocenters. The molecule has 8 nitrogen and oxygen atoms in total. The van der Waals surface area contributed by atoms with Crippen LogP contribution in [0.1, 0.15) is 0 Å². The molecule has 12 rings (SSSR count). The van der Waals surface area contributed by atoms with E-state index in [2.05, 4.69) is 112 Å². The summed E-state index contributed by atoms with van der Waals surface area (Å²) < 4.78 is 10.6. The molecule has 6 aromatic carbocycles. The van der Waals surface area contributed by atoms with Crippen LogP contribution in [0.5, 0.6) is 0 Å². The lowest BCUT2D eigenvalue weighted by Gasteiger charge is -2.12. The fraction of sp³-hybridized carbons (Fsp3) is 0. The lowest BCUT2D eigenvalue weighted by atomic mass is 10.0. The molecule has 0 aliphatic rings. The van der Waals surface area contributed by atoms with Crippen molar-refractivity contribution in [2.75, 3.05) is 0 Å². The van der Waals surface area contributed by atoms with Gasteiger partial charge in [-0.3, -0.25) is 8.80 Å². The van der Waals surface area contributed by atoms with Gasteiger partial charge in [-0.05, 0) is 54.6 Å².